The molecule has 1 aromatic rings. The van der Waals surface area contributed by atoms with Crippen molar-refractivity contribution in [1.29, 1.82) is 0 Å². The van der Waals surface area contributed by atoms with Gasteiger partial charge in [0.25, 0.3) is 0 Å². The smallest absolute Gasteiger partial charge is 0.0945 e. The maximum Gasteiger partial charge on any atom is 0.0945 e. The zero-order valence-electron chi connectivity index (χ0n) is 12.6. The number of rotatable bonds is 6. The summed E-state index contributed by atoms with van der Waals surface area (Å²) in [5.41, 5.74) is 3.84. The molecule has 3 heteroatoms. The first-order chi connectivity index (χ1) is 9.63. The molecule has 2 rings (SSSR count). The standard InChI is InChI=1S/C17H27NO2/c1-12(2)16(18-9-10-19)17(20)15-8-7-13-5-3-4-6-14(13)11-15/h7-8,11-12,16-20H,3-6,9-10H2,1-2H3. The van der Waals surface area contributed by atoms with Gasteiger partial charge < -0.3 is 15.5 Å². The summed E-state index contributed by atoms with van der Waals surface area (Å²) in [4.78, 5) is 0. The summed E-state index contributed by atoms with van der Waals surface area (Å²) in [6, 6.07) is 6.39. The zero-order valence-corrected chi connectivity index (χ0v) is 12.6. The van der Waals surface area contributed by atoms with E-state index in [0.717, 1.165) is 12.0 Å². The Morgan fingerprint density at radius 3 is 2.50 bits per heavy atom. The third-order valence-electron chi connectivity index (χ3n) is 4.26. The number of aryl methyl sites for hydroxylation is 2. The van der Waals surface area contributed by atoms with Gasteiger partial charge in [-0.05, 0) is 48.3 Å². The summed E-state index contributed by atoms with van der Waals surface area (Å²) in [5, 5.41) is 22.8. The minimum atomic E-state index is -0.520. The van der Waals surface area contributed by atoms with Crippen LogP contribution >= 0.6 is 0 Å². The van der Waals surface area contributed by atoms with Crippen LogP contribution in [-0.2, 0) is 12.8 Å². The van der Waals surface area contributed by atoms with Crippen molar-refractivity contribution < 1.29 is 10.2 Å². The van der Waals surface area contributed by atoms with Crippen molar-refractivity contribution in [3.8, 4) is 0 Å². The number of hydrogen-bond acceptors (Lipinski definition) is 3. The lowest BCUT2D eigenvalue weighted by molar-refractivity contribution is 0.101. The van der Waals surface area contributed by atoms with Crippen LogP contribution < -0.4 is 5.32 Å². The van der Waals surface area contributed by atoms with Crippen molar-refractivity contribution in [2.45, 2.75) is 51.7 Å². The van der Waals surface area contributed by atoms with Crippen LogP contribution in [0.2, 0.25) is 0 Å². The molecular formula is C17H27NO2. The van der Waals surface area contributed by atoms with Crippen LogP contribution in [0.15, 0.2) is 18.2 Å². The molecule has 0 saturated heterocycles. The average molecular weight is 277 g/mol. The minimum absolute atomic E-state index is 0.0243. The summed E-state index contributed by atoms with van der Waals surface area (Å²) in [6.45, 7) is 4.80. The van der Waals surface area contributed by atoms with Gasteiger partial charge in [0.15, 0.2) is 0 Å². The lowest BCUT2D eigenvalue weighted by Gasteiger charge is -2.28. The Morgan fingerprint density at radius 2 is 1.85 bits per heavy atom. The highest BCUT2D eigenvalue weighted by molar-refractivity contribution is 5.35. The number of benzene rings is 1. The van der Waals surface area contributed by atoms with Gasteiger partial charge in [0.1, 0.15) is 0 Å². The summed E-state index contributed by atoms with van der Waals surface area (Å²) in [6.07, 6.45) is 4.31. The minimum Gasteiger partial charge on any atom is -0.395 e. The zero-order chi connectivity index (χ0) is 14.5. The fourth-order valence-electron chi connectivity index (χ4n) is 3.09. The monoisotopic (exact) mass is 277 g/mol. The van der Waals surface area contributed by atoms with E-state index in [1.54, 1.807) is 0 Å². The van der Waals surface area contributed by atoms with Crippen LogP contribution in [-0.4, -0.2) is 29.4 Å². The Labute approximate surface area is 122 Å². The Hall–Kier alpha value is -0.900. The van der Waals surface area contributed by atoms with Gasteiger partial charge in [-0.3, -0.25) is 0 Å². The van der Waals surface area contributed by atoms with E-state index in [1.807, 2.05) is 0 Å². The van der Waals surface area contributed by atoms with Crippen molar-refractivity contribution >= 4 is 0 Å². The molecule has 3 nitrogen and oxygen atoms in total. The Morgan fingerprint density at radius 1 is 1.15 bits per heavy atom. The predicted molar refractivity (Wildman–Crippen MR) is 81.8 cm³/mol. The first-order valence-corrected chi connectivity index (χ1v) is 7.77. The lowest BCUT2D eigenvalue weighted by Crippen LogP contribution is -2.40. The summed E-state index contributed by atoms with van der Waals surface area (Å²) < 4.78 is 0. The van der Waals surface area contributed by atoms with E-state index >= 15 is 0 Å². The fraction of sp³-hybridized carbons (Fsp3) is 0.647. The molecule has 20 heavy (non-hydrogen) atoms. The van der Waals surface area contributed by atoms with E-state index in [9.17, 15) is 5.11 Å². The molecule has 1 aliphatic carbocycles. The Balaban J connectivity index is 2.15. The Bertz CT molecular complexity index is 431. The number of aliphatic hydroxyl groups is 2. The molecule has 0 aromatic heterocycles. The number of aliphatic hydroxyl groups excluding tert-OH is 2. The van der Waals surface area contributed by atoms with Crippen molar-refractivity contribution in [3.05, 3.63) is 34.9 Å². The van der Waals surface area contributed by atoms with Crippen LogP contribution in [0.1, 0.15) is 49.5 Å². The fourth-order valence-corrected chi connectivity index (χ4v) is 3.09. The number of nitrogens with one attached hydrogen (secondary N) is 1. The molecule has 1 aromatic carbocycles. The molecule has 0 radical (unpaired) electrons. The van der Waals surface area contributed by atoms with Gasteiger partial charge in [-0.25, -0.2) is 0 Å². The van der Waals surface area contributed by atoms with Crippen LogP contribution in [0.3, 0.4) is 0 Å². The number of hydrogen-bond donors (Lipinski definition) is 3. The molecule has 112 valence electrons. The average Bonchev–Trinajstić information content (AvgIpc) is 2.46. The summed E-state index contributed by atoms with van der Waals surface area (Å²) in [5.74, 6) is 0.313. The molecule has 0 fully saturated rings. The summed E-state index contributed by atoms with van der Waals surface area (Å²) in [7, 11) is 0. The van der Waals surface area contributed by atoms with Crippen LogP contribution in [0.25, 0.3) is 0 Å². The normalized spacial score (nSPS) is 17.9. The van der Waals surface area contributed by atoms with Gasteiger partial charge in [-0.1, -0.05) is 32.0 Å². The molecule has 2 unspecified atom stereocenters. The van der Waals surface area contributed by atoms with Crippen molar-refractivity contribution in [1.82, 2.24) is 5.32 Å². The largest absolute Gasteiger partial charge is 0.395 e. The predicted octanol–water partition coefficient (Wildman–Crippen LogP) is 2.21. The second-order valence-electron chi connectivity index (χ2n) is 6.13. The van der Waals surface area contributed by atoms with Gasteiger partial charge in [-0.2, -0.15) is 0 Å². The maximum atomic E-state index is 10.6. The van der Waals surface area contributed by atoms with E-state index in [4.69, 9.17) is 5.11 Å². The quantitative estimate of drug-likeness (QED) is 0.747. The van der Waals surface area contributed by atoms with E-state index in [-0.39, 0.29) is 12.6 Å². The first-order valence-electron chi connectivity index (χ1n) is 7.77. The van der Waals surface area contributed by atoms with Gasteiger partial charge in [0.05, 0.1) is 12.7 Å². The first kappa shape index (κ1) is 15.5. The molecule has 1 aliphatic rings. The molecule has 0 heterocycles. The molecule has 0 bridgehead atoms. The third-order valence-corrected chi connectivity index (χ3v) is 4.26. The van der Waals surface area contributed by atoms with E-state index in [2.05, 4.69) is 37.4 Å². The number of fused-ring (bicyclic) bond motifs is 1. The molecular weight excluding hydrogens is 250 g/mol. The van der Waals surface area contributed by atoms with Gasteiger partial charge >= 0.3 is 0 Å². The van der Waals surface area contributed by atoms with Crippen LogP contribution in [0.4, 0.5) is 0 Å². The van der Waals surface area contributed by atoms with Gasteiger partial charge in [0.2, 0.25) is 0 Å². The third kappa shape index (κ3) is 3.60. The molecule has 3 N–H and O–H groups in total. The van der Waals surface area contributed by atoms with Crippen molar-refractivity contribution in [2.24, 2.45) is 5.92 Å². The van der Waals surface area contributed by atoms with E-state index in [0.29, 0.717) is 12.5 Å². The maximum absolute atomic E-state index is 10.6. The molecule has 0 aliphatic heterocycles. The molecule has 0 spiro atoms. The van der Waals surface area contributed by atoms with Gasteiger partial charge in [0, 0.05) is 12.6 Å². The molecule has 0 saturated carbocycles. The van der Waals surface area contributed by atoms with E-state index in [1.165, 1.54) is 30.4 Å². The highest BCUT2D eigenvalue weighted by Crippen LogP contribution is 2.27. The highest BCUT2D eigenvalue weighted by Gasteiger charge is 2.24. The Kier molecular flexibility index (Phi) is 5.58. The van der Waals surface area contributed by atoms with Crippen molar-refractivity contribution in [3.63, 3.8) is 0 Å². The van der Waals surface area contributed by atoms with Crippen LogP contribution in [0.5, 0.6) is 0 Å². The van der Waals surface area contributed by atoms with Gasteiger partial charge in [-0.15, -0.1) is 0 Å². The second-order valence-corrected chi connectivity index (χ2v) is 6.13. The second kappa shape index (κ2) is 7.21. The molecule has 0 amide bonds. The lowest BCUT2D eigenvalue weighted by atomic mass is 9.87. The SMILES string of the molecule is CC(C)C(NCCO)C(O)c1ccc2c(c1)CCCC2. The van der Waals surface area contributed by atoms with Crippen LogP contribution in [0, 0.1) is 5.92 Å². The topological polar surface area (TPSA) is 52.5 Å². The van der Waals surface area contributed by atoms with E-state index < -0.39 is 6.10 Å². The summed E-state index contributed by atoms with van der Waals surface area (Å²) >= 11 is 0. The molecule has 2 atom stereocenters. The highest BCUT2D eigenvalue weighted by atomic mass is 16.3. The van der Waals surface area contributed by atoms with Crippen molar-refractivity contribution in [2.75, 3.05) is 13.2 Å².